The maximum absolute atomic E-state index is 13.0. The Bertz CT molecular complexity index is 1170. The standard InChI is InChI=1S/C21H16ClN3O5/c1-13-19(20(27)16-10-9-15(25(28)29)12-17(16)22)21(24(2)23-13)30-18(26)11-8-14-6-4-3-5-7-14/h3-12H,1-2H3/b11-8+. The van der Waals surface area contributed by atoms with Gasteiger partial charge in [0.25, 0.3) is 5.69 Å². The lowest BCUT2D eigenvalue weighted by atomic mass is 10.0. The summed E-state index contributed by atoms with van der Waals surface area (Å²) in [6, 6.07) is 12.7. The molecule has 0 spiro atoms. The van der Waals surface area contributed by atoms with Gasteiger partial charge in [-0.05, 0) is 24.6 Å². The second kappa shape index (κ2) is 8.71. The molecule has 0 aliphatic carbocycles. The van der Waals surface area contributed by atoms with Crippen LogP contribution in [-0.4, -0.2) is 26.5 Å². The van der Waals surface area contributed by atoms with Crippen LogP contribution in [0.1, 0.15) is 27.2 Å². The first-order valence-corrected chi connectivity index (χ1v) is 9.13. The van der Waals surface area contributed by atoms with Crippen molar-refractivity contribution in [3.63, 3.8) is 0 Å². The van der Waals surface area contributed by atoms with Crippen molar-refractivity contribution in [3.05, 3.63) is 92.1 Å². The lowest BCUT2D eigenvalue weighted by Gasteiger charge is -2.07. The van der Waals surface area contributed by atoms with E-state index in [4.69, 9.17) is 16.3 Å². The van der Waals surface area contributed by atoms with Crippen LogP contribution in [0.25, 0.3) is 6.08 Å². The van der Waals surface area contributed by atoms with E-state index in [1.165, 1.54) is 29.9 Å². The van der Waals surface area contributed by atoms with Gasteiger partial charge < -0.3 is 4.74 Å². The minimum absolute atomic E-state index is 0.0375. The van der Waals surface area contributed by atoms with Crippen LogP contribution in [0.15, 0.2) is 54.6 Å². The monoisotopic (exact) mass is 425 g/mol. The van der Waals surface area contributed by atoms with Crippen LogP contribution in [0.4, 0.5) is 5.69 Å². The number of esters is 1. The van der Waals surface area contributed by atoms with Gasteiger partial charge >= 0.3 is 5.97 Å². The Morgan fingerprint density at radius 1 is 1.20 bits per heavy atom. The highest BCUT2D eigenvalue weighted by Gasteiger charge is 2.26. The summed E-state index contributed by atoms with van der Waals surface area (Å²) in [5.41, 5.74) is 0.985. The van der Waals surface area contributed by atoms with E-state index in [0.29, 0.717) is 5.69 Å². The topological polar surface area (TPSA) is 104 Å². The molecule has 152 valence electrons. The number of carbonyl (C=O) groups excluding carboxylic acids is 2. The van der Waals surface area contributed by atoms with Gasteiger partial charge in [0.2, 0.25) is 11.7 Å². The van der Waals surface area contributed by atoms with Gasteiger partial charge in [0, 0.05) is 30.8 Å². The molecule has 0 amide bonds. The van der Waals surface area contributed by atoms with Crippen molar-refractivity contribution in [3.8, 4) is 5.88 Å². The number of nitro benzene ring substituents is 1. The molecule has 0 radical (unpaired) electrons. The second-order valence-corrected chi connectivity index (χ2v) is 6.71. The molecule has 30 heavy (non-hydrogen) atoms. The van der Waals surface area contributed by atoms with E-state index in [1.807, 2.05) is 30.3 Å². The number of hydrogen-bond donors (Lipinski definition) is 0. The van der Waals surface area contributed by atoms with Gasteiger partial charge in [-0.25, -0.2) is 9.48 Å². The molecule has 1 heterocycles. The smallest absolute Gasteiger partial charge is 0.337 e. The summed E-state index contributed by atoms with van der Waals surface area (Å²) in [6.07, 6.45) is 2.82. The maximum atomic E-state index is 13.0. The van der Waals surface area contributed by atoms with Crippen LogP contribution in [0.2, 0.25) is 5.02 Å². The molecule has 0 aliphatic rings. The zero-order valence-electron chi connectivity index (χ0n) is 16.0. The Balaban J connectivity index is 1.90. The number of halogens is 1. The molecule has 0 N–H and O–H groups in total. The van der Waals surface area contributed by atoms with Gasteiger partial charge in [-0.1, -0.05) is 41.9 Å². The van der Waals surface area contributed by atoms with E-state index in [1.54, 1.807) is 13.0 Å². The van der Waals surface area contributed by atoms with Crippen LogP contribution in [0.3, 0.4) is 0 Å². The van der Waals surface area contributed by atoms with Crippen LogP contribution >= 0.6 is 11.6 Å². The van der Waals surface area contributed by atoms with Crippen LogP contribution < -0.4 is 4.74 Å². The van der Waals surface area contributed by atoms with Gasteiger partial charge in [0.15, 0.2) is 0 Å². The Morgan fingerprint density at radius 3 is 2.53 bits per heavy atom. The fraction of sp³-hybridized carbons (Fsp3) is 0.0952. The van der Waals surface area contributed by atoms with Crippen molar-refractivity contribution in [2.24, 2.45) is 7.05 Å². The van der Waals surface area contributed by atoms with Crippen molar-refractivity contribution in [1.29, 1.82) is 0 Å². The van der Waals surface area contributed by atoms with Crippen molar-refractivity contribution < 1.29 is 19.2 Å². The number of carbonyl (C=O) groups is 2. The molecule has 9 heteroatoms. The van der Waals surface area contributed by atoms with E-state index >= 15 is 0 Å². The van der Waals surface area contributed by atoms with E-state index in [2.05, 4.69) is 5.10 Å². The molecular weight excluding hydrogens is 410 g/mol. The number of nitro groups is 1. The third kappa shape index (κ3) is 4.44. The first-order chi connectivity index (χ1) is 14.3. The Morgan fingerprint density at radius 2 is 1.90 bits per heavy atom. The van der Waals surface area contributed by atoms with Gasteiger partial charge in [-0.2, -0.15) is 5.10 Å². The van der Waals surface area contributed by atoms with Gasteiger partial charge in [-0.3, -0.25) is 14.9 Å². The van der Waals surface area contributed by atoms with Crippen molar-refractivity contribution in [1.82, 2.24) is 9.78 Å². The zero-order valence-corrected chi connectivity index (χ0v) is 16.8. The molecule has 8 nitrogen and oxygen atoms in total. The number of ketones is 1. The average molecular weight is 426 g/mol. The number of benzene rings is 2. The van der Waals surface area contributed by atoms with Crippen LogP contribution in [0.5, 0.6) is 5.88 Å². The third-order valence-electron chi connectivity index (χ3n) is 4.21. The van der Waals surface area contributed by atoms with Gasteiger partial charge in [0.05, 0.1) is 15.6 Å². The predicted octanol–water partition coefficient (Wildman–Crippen LogP) is 4.14. The Kier molecular flexibility index (Phi) is 6.08. The number of hydrogen-bond acceptors (Lipinski definition) is 6. The normalized spacial score (nSPS) is 10.9. The highest BCUT2D eigenvalue weighted by atomic mass is 35.5. The number of non-ortho nitro benzene ring substituents is 1. The SMILES string of the molecule is Cc1nn(C)c(OC(=O)/C=C/c2ccccc2)c1C(=O)c1ccc([N+](=O)[O-])cc1Cl. The molecular formula is C21H16ClN3O5. The summed E-state index contributed by atoms with van der Waals surface area (Å²) in [6.45, 7) is 1.59. The quantitative estimate of drug-likeness (QED) is 0.193. The molecule has 0 unspecified atom stereocenters. The highest BCUT2D eigenvalue weighted by Crippen LogP contribution is 2.30. The highest BCUT2D eigenvalue weighted by molar-refractivity contribution is 6.35. The third-order valence-corrected chi connectivity index (χ3v) is 4.53. The summed E-state index contributed by atoms with van der Waals surface area (Å²) in [7, 11) is 1.53. The lowest BCUT2D eigenvalue weighted by Crippen LogP contribution is -2.12. The summed E-state index contributed by atoms with van der Waals surface area (Å²) in [5.74, 6) is -1.30. The van der Waals surface area contributed by atoms with Gasteiger partial charge in [0.1, 0.15) is 5.56 Å². The fourth-order valence-corrected chi connectivity index (χ4v) is 3.07. The first-order valence-electron chi connectivity index (χ1n) is 8.75. The lowest BCUT2D eigenvalue weighted by molar-refractivity contribution is -0.384. The molecule has 0 saturated heterocycles. The summed E-state index contributed by atoms with van der Waals surface area (Å²) in [5, 5.41) is 14.9. The van der Waals surface area contributed by atoms with E-state index in [9.17, 15) is 19.7 Å². The molecule has 0 saturated carbocycles. The van der Waals surface area contributed by atoms with Crippen LogP contribution in [-0.2, 0) is 11.8 Å². The Labute approximate surface area is 176 Å². The maximum Gasteiger partial charge on any atom is 0.337 e. The fourth-order valence-electron chi connectivity index (χ4n) is 2.81. The summed E-state index contributed by atoms with van der Waals surface area (Å²) in [4.78, 5) is 35.6. The molecule has 3 rings (SSSR count). The molecule has 0 atom stereocenters. The van der Waals surface area contributed by atoms with Crippen molar-refractivity contribution in [2.75, 3.05) is 0 Å². The van der Waals surface area contributed by atoms with Crippen LogP contribution in [0, 0.1) is 17.0 Å². The summed E-state index contributed by atoms with van der Waals surface area (Å²) < 4.78 is 6.64. The van der Waals surface area contributed by atoms with E-state index in [0.717, 1.165) is 11.6 Å². The average Bonchev–Trinajstić information content (AvgIpc) is 2.99. The number of aromatic nitrogens is 2. The number of aryl methyl sites for hydroxylation is 2. The van der Waals surface area contributed by atoms with Gasteiger partial charge in [-0.15, -0.1) is 0 Å². The number of rotatable bonds is 6. The zero-order chi connectivity index (χ0) is 21.8. The molecule has 1 aromatic heterocycles. The number of nitrogens with zero attached hydrogens (tertiary/aromatic N) is 3. The summed E-state index contributed by atoms with van der Waals surface area (Å²) >= 11 is 6.08. The van der Waals surface area contributed by atoms with E-state index < -0.39 is 16.7 Å². The largest absolute Gasteiger partial charge is 0.404 e. The molecule has 3 aromatic rings. The Hall–Kier alpha value is -3.78. The molecule has 0 bridgehead atoms. The predicted molar refractivity (Wildman–Crippen MR) is 111 cm³/mol. The first kappa shape index (κ1) is 20.9. The minimum Gasteiger partial charge on any atom is -0.404 e. The second-order valence-electron chi connectivity index (χ2n) is 6.30. The number of ether oxygens (including phenoxy) is 1. The van der Waals surface area contributed by atoms with Crippen molar-refractivity contribution >= 4 is 35.1 Å². The molecule has 0 aliphatic heterocycles. The molecule has 2 aromatic carbocycles. The molecule has 0 fully saturated rings. The van der Waals surface area contributed by atoms with E-state index in [-0.39, 0.29) is 27.7 Å². The minimum atomic E-state index is -0.689. The van der Waals surface area contributed by atoms with Crippen molar-refractivity contribution in [2.45, 2.75) is 6.92 Å².